The summed E-state index contributed by atoms with van der Waals surface area (Å²) in [5.74, 6) is -0.934. The Bertz CT molecular complexity index is 1020. The highest BCUT2D eigenvalue weighted by atomic mass is 79.9. The Balaban J connectivity index is 2.10. The van der Waals surface area contributed by atoms with Crippen molar-refractivity contribution in [1.29, 1.82) is 0 Å². The fourth-order valence-electron chi connectivity index (χ4n) is 2.84. The predicted octanol–water partition coefficient (Wildman–Crippen LogP) is 3.91. The zero-order valence-electron chi connectivity index (χ0n) is 15.1. The summed E-state index contributed by atoms with van der Waals surface area (Å²) < 4.78 is 5.74. The smallest absolute Gasteiger partial charge is 0.328 e. The van der Waals surface area contributed by atoms with E-state index in [1.165, 1.54) is 18.2 Å². The van der Waals surface area contributed by atoms with Crippen LogP contribution in [0.4, 0.5) is 5.69 Å². The molecule has 0 radical (unpaired) electrons. The SMILES string of the molecule is COC(=O)[C@H](C)N(C(=O)c1cnc2ccccc2n1)c1ccc(Br)cc1C. The van der Waals surface area contributed by atoms with Crippen LogP contribution in [0.1, 0.15) is 23.0 Å². The molecule has 7 heteroatoms. The Labute approximate surface area is 165 Å². The second kappa shape index (κ2) is 7.84. The second-order valence-corrected chi connectivity index (χ2v) is 6.96. The van der Waals surface area contributed by atoms with Crippen LogP contribution in [-0.2, 0) is 9.53 Å². The van der Waals surface area contributed by atoms with Crippen molar-refractivity contribution in [2.75, 3.05) is 12.0 Å². The van der Waals surface area contributed by atoms with E-state index < -0.39 is 17.9 Å². The van der Waals surface area contributed by atoms with E-state index >= 15 is 0 Å². The highest BCUT2D eigenvalue weighted by Crippen LogP contribution is 2.27. The van der Waals surface area contributed by atoms with Gasteiger partial charge in [0.25, 0.3) is 5.91 Å². The molecule has 1 heterocycles. The van der Waals surface area contributed by atoms with E-state index in [4.69, 9.17) is 4.74 Å². The molecular formula is C20H18BrN3O3. The Morgan fingerprint density at radius 2 is 1.85 bits per heavy atom. The van der Waals surface area contributed by atoms with Crippen LogP contribution in [-0.4, -0.2) is 35.0 Å². The fraction of sp³-hybridized carbons (Fsp3) is 0.200. The number of ether oxygens (including phenoxy) is 1. The summed E-state index contributed by atoms with van der Waals surface area (Å²) in [6, 6.07) is 12.0. The molecule has 0 N–H and O–H groups in total. The van der Waals surface area contributed by atoms with E-state index in [0.717, 1.165) is 10.0 Å². The average Bonchev–Trinajstić information content (AvgIpc) is 2.68. The van der Waals surface area contributed by atoms with E-state index in [2.05, 4.69) is 25.9 Å². The van der Waals surface area contributed by atoms with Crippen LogP contribution in [0.25, 0.3) is 11.0 Å². The summed E-state index contributed by atoms with van der Waals surface area (Å²) in [7, 11) is 1.30. The first kappa shape index (κ1) is 19.0. The zero-order chi connectivity index (χ0) is 19.6. The number of aromatic nitrogens is 2. The van der Waals surface area contributed by atoms with Gasteiger partial charge >= 0.3 is 5.97 Å². The molecule has 0 fully saturated rings. The zero-order valence-corrected chi connectivity index (χ0v) is 16.7. The number of rotatable bonds is 4. The monoisotopic (exact) mass is 427 g/mol. The van der Waals surface area contributed by atoms with Crippen LogP contribution in [0.15, 0.2) is 53.1 Å². The molecule has 6 nitrogen and oxygen atoms in total. The number of hydrogen-bond donors (Lipinski definition) is 0. The lowest BCUT2D eigenvalue weighted by molar-refractivity contribution is -0.141. The number of methoxy groups -OCH3 is 1. The number of carbonyl (C=O) groups is 2. The standard InChI is InChI=1S/C20H18BrN3O3/c1-12-10-14(21)8-9-18(12)24(13(2)20(26)27-3)19(25)17-11-22-15-6-4-5-7-16(15)23-17/h4-11,13H,1-3H3/t13-/m0/s1. The number of hydrogen-bond acceptors (Lipinski definition) is 5. The van der Waals surface area contributed by atoms with E-state index in [1.807, 2.05) is 37.3 Å². The molecule has 0 aliphatic rings. The highest BCUT2D eigenvalue weighted by molar-refractivity contribution is 9.10. The van der Waals surface area contributed by atoms with Crippen molar-refractivity contribution in [1.82, 2.24) is 9.97 Å². The van der Waals surface area contributed by atoms with Gasteiger partial charge in [0, 0.05) is 10.2 Å². The molecule has 0 saturated carbocycles. The summed E-state index contributed by atoms with van der Waals surface area (Å²) in [5, 5.41) is 0. The van der Waals surface area contributed by atoms with Gasteiger partial charge < -0.3 is 4.74 Å². The number of nitrogens with zero attached hydrogens (tertiary/aromatic N) is 3. The minimum atomic E-state index is -0.823. The summed E-state index contributed by atoms with van der Waals surface area (Å²) in [6.07, 6.45) is 1.43. The lowest BCUT2D eigenvalue weighted by atomic mass is 10.1. The van der Waals surface area contributed by atoms with Crippen LogP contribution in [0.5, 0.6) is 0 Å². The highest BCUT2D eigenvalue weighted by Gasteiger charge is 2.31. The third-order valence-electron chi connectivity index (χ3n) is 4.23. The molecule has 1 aromatic heterocycles. The number of esters is 1. The molecule has 0 aliphatic carbocycles. The number of fused-ring (bicyclic) bond motifs is 1. The first-order chi connectivity index (χ1) is 12.9. The van der Waals surface area contributed by atoms with Crippen molar-refractivity contribution in [3.63, 3.8) is 0 Å². The third kappa shape index (κ3) is 3.83. The van der Waals surface area contributed by atoms with E-state index in [-0.39, 0.29) is 5.69 Å². The van der Waals surface area contributed by atoms with Crippen LogP contribution in [0.2, 0.25) is 0 Å². The van der Waals surface area contributed by atoms with Crippen LogP contribution < -0.4 is 4.90 Å². The summed E-state index contributed by atoms with van der Waals surface area (Å²) in [5.41, 5.74) is 2.91. The summed E-state index contributed by atoms with van der Waals surface area (Å²) in [6.45, 7) is 3.50. The minimum Gasteiger partial charge on any atom is -0.467 e. The van der Waals surface area contributed by atoms with Crippen molar-refractivity contribution < 1.29 is 14.3 Å². The van der Waals surface area contributed by atoms with Crippen LogP contribution in [0.3, 0.4) is 0 Å². The molecule has 1 amide bonds. The van der Waals surface area contributed by atoms with Crippen molar-refractivity contribution in [3.8, 4) is 0 Å². The molecule has 27 heavy (non-hydrogen) atoms. The predicted molar refractivity (Wildman–Crippen MR) is 107 cm³/mol. The molecular weight excluding hydrogens is 410 g/mol. The maximum atomic E-state index is 13.3. The van der Waals surface area contributed by atoms with Gasteiger partial charge in [-0.2, -0.15) is 0 Å². The number of para-hydroxylation sites is 2. The van der Waals surface area contributed by atoms with Gasteiger partial charge in [-0.05, 0) is 49.7 Å². The maximum Gasteiger partial charge on any atom is 0.328 e. The van der Waals surface area contributed by atoms with E-state index in [0.29, 0.717) is 16.7 Å². The average molecular weight is 428 g/mol. The third-order valence-corrected chi connectivity index (χ3v) is 4.73. The van der Waals surface area contributed by atoms with Crippen LogP contribution >= 0.6 is 15.9 Å². The minimum absolute atomic E-state index is 0.159. The van der Waals surface area contributed by atoms with Crippen LogP contribution in [0, 0.1) is 6.92 Å². The number of amides is 1. The number of carbonyl (C=O) groups excluding carboxylic acids is 2. The van der Waals surface area contributed by atoms with E-state index in [9.17, 15) is 9.59 Å². The van der Waals surface area contributed by atoms with Gasteiger partial charge in [-0.25, -0.2) is 9.78 Å². The number of halogens is 1. The quantitative estimate of drug-likeness (QED) is 0.590. The van der Waals surface area contributed by atoms with Gasteiger partial charge in [-0.3, -0.25) is 14.7 Å². The summed E-state index contributed by atoms with van der Waals surface area (Å²) in [4.78, 5) is 35.6. The fourth-order valence-corrected chi connectivity index (χ4v) is 3.32. The van der Waals surface area contributed by atoms with Crippen molar-refractivity contribution >= 4 is 44.5 Å². The van der Waals surface area contributed by atoms with Crippen molar-refractivity contribution in [2.45, 2.75) is 19.9 Å². The Morgan fingerprint density at radius 1 is 1.15 bits per heavy atom. The topological polar surface area (TPSA) is 72.4 Å². The normalized spacial score (nSPS) is 11.9. The van der Waals surface area contributed by atoms with Crippen molar-refractivity contribution in [2.24, 2.45) is 0 Å². The molecule has 0 bridgehead atoms. The van der Waals surface area contributed by atoms with E-state index in [1.54, 1.807) is 19.1 Å². The largest absolute Gasteiger partial charge is 0.467 e. The number of benzene rings is 2. The molecule has 2 aromatic carbocycles. The number of aryl methyl sites for hydroxylation is 1. The molecule has 3 aromatic rings. The maximum absolute atomic E-state index is 13.3. The van der Waals surface area contributed by atoms with Gasteiger partial charge in [0.15, 0.2) is 0 Å². The summed E-state index contributed by atoms with van der Waals surface area (Å²) >= 11 is 3.42. The van der Waals surface area contributed by atoms with Gasteiger partial charge in [-0.1, -0.05) is 28.1 Å². The molecule has 0 saturated heterocycles. The van der Waals surface area contributed by atoms with Gasteiger partial charge in [-0.15, -0.1) is 0 Å². The number of anilines is 1. The molecule has 0 spiro atoms. The Kier molecular flexibility index (Phi) is 5.51. The van der Waals surface area contributed by atoms with Gasteiger partial charge in [0.2, 0.25) is 0 Å². The molecule has 1 atom stereocenters. The first-order valence-corrected chi connectivity index (χ1v) is 9.11. The Morgan fingerprint density at radius 3 is 2.52 bits per heavy atom. The molecule has 138 valence electrons. The first-order valence-electron chi connectivity index (χ1n) is 8.31. The van der Waals surface area contributed by atoms with Gasteiger partial charge in [0.05, 0.1) is 24.3 Å². The molecule has 3 rings (SSSR count). The second-order valence-electron chi connectivity index (χ2n) is 6.05. The molecule has 0 aliphatic heterocycles. The Hall–Kier alpha value is -2.80. The molecule has 0 unspecified atom stereocenters. The lowest BCUT2D eigenvalue weighted by Crippen LogP contribution is -2.44. The lowest BCUT2D eigenvalue weighted by Gasteiger charge is -2.28. The van der Waals surface area contributed by atoms with Crippen molar-refractivity contribution in [3.05, 3.63) is 64.4 Å². The van der Waals surface area contributed by atoms with Gasteiger partial charge in [0.1, 0.15) is 11.7 Å².